The fraction of sp³-hybridized carbons (Fsp3) is 0.333. The van der Waals surface area contributed by atoms with E-state index in [1.807, 2.05) is 6.08 Å². The summed E-state index contributed by atoms with van der Waals surface area (Å²) in [5.74, 6) is 0. The molecule has 2 aromatic rings. The molecule has 2 aromatic carbocycles. The highest BCUT2D eigenvalue weighted by Gasteiger charge is 2.38. The van der Waals surface area contributed by atoms with Crippen molar-refractivity contribution in [2.24, 2.45) is 0 Å². The maximum atomic E-state index is 3.89. The maximum Gasteiger partial charge on any atom is 0.0449 e. The molecular weight excluding hydrogens is 352 g/mol. The minimum absolute atomic E-state index is 0.582. The summed E-state index contributed by atoms with van der Waals surface area (Å²) in [5, 5.41) is 3.81. The molecule has 3 aliphatic heterocycles. The first-order chi connectivity index (χ1) is 14.3. The second kappa shape index (κ2) is 7.68. The Bertz CT molecular complexity index is 972. The fourth-order valence-corrected chi connectivity index (χ4v) is 5.56. The molecule has 2 bridgehead atoms. The number of hydrogen-bond acceptors (Lipinski definition) is 2. The van der Waals surface area contributed by atoms with Crippen LogP contribution < -0.4 is 10.2 Å². The smallest absolute Gasteiger partial charge is 0.0449 e. The van der Waals surface area contributed by atoms with E-state index in [9.17, 15) is 0 Å². The van der Waals surface area contributed by atoms with E-state index in [0.29, 0.717) is 18.1 Å². The van der Waals surface area contributed by atoms with Gasteiger partial charge < -0.3 is 10.2 Å². The number of hydrogen-bond donors (Lipinski definition) is 1. The predicted octanol–water partition coefficient (Wildman–Crippen LogP) is 6.16. The standard InChI is InChI=1S/C27H30N2/c1-3-7-19(8-4-2)20-11-14-27-22(15-20)16-21-9-5-6-10-26(21)29(27)25-17-23-12-13-24(18-25)28-23/h3-11,14-15,23-25,28H,1,12-13,16-18H2,2H3/b8-4-,19-7+. The fourth-order valence-electron chi connectivity index (χ4n) is 5.56. The minimum atomic E-state index is 0.582. The Balaban J connectivity index is 1.58. The van der Waals surface area contributed by atoms with Crippen LogP contribution in [0.2, 0.25) is 0 Å². The van der Waals surface area contributed by atoms with E-state index < -0.39 is 0 Å². The Morgan fingerprint density at radius 2 is 1.79 bits per heavy atom. The van der Waals surface area contributed by atoms with Gasteiger partial charge >= 0.3 is 0 Å². The largest absolute Gasteiger partial charge is 0.338 e. The number of piperidine rings is 1. The lowest BCUT2D eigenvalue weighted by Gasteiger charge is -2.43. The molecule has 5 rings (SSSR count). The molecule has 2 nitrogen and oxygen atoms in total. The second-order valence-electron chi connectivity index (χ2n) is 8.64. The van der Waals surface area contributed by atoms with Gasteiger partial charge in [-0.15, -0.1) is 0 Å². The summed E-state index contributed by atoms with van der Waals surface area (Å²) in [5.41, 5.74) is 8.18. The zero-order valence-electron chi connectivity index (χ0n) is 17.3. The Morgan fingerprint density at radius 3 is 2.55 bits per heavy atom. The van der Waals surface area contributed by atoms with Gasteiger partial charge in [0.2, 0.25) is 0 Å². The monoisotopic (exact) mass is 382 g/mol. The Kier molecular flexibility index (Phi) is 4.89. The normalized spacial score (nSPS) is 25.8. The molecule has 0 radical (unpaired) electrons. The van der Waals surface area contributed by atoms with Crippen molar-refractivity contribution < 1.29 is 0 Å². The molecule has 148 valence electrons. The number of nitrogens with one attached hydrogen (secondary N) is 1. The van der Waals surface area contributed by atoms with E-state index in [4.69, 9.17) is 0 Å². The van der Waals surface area contributed by atoms with Crippen LogP contribution in [0.25, 0.3) is 5.57 Å². The lowest BCUT2D eigenvalue weighted by Crippen LogP contribution is -2.47. The zero-order chi connectivity index (χ0) is 19.8. The van der Waals surface area contributed by atoms with E-state index in [-0.39, 0.29) is 0 Å². The summed E-state index contributed by atoms with van der Waals surface area (Å²) >= 11 is 0. The van der Waals surface area contributed by atoms with Crippen molar-refractivity contribution in [2.45, 2.75) is 57.2 Å². The van der Waals surface area contributed by atoms with Crippen molar-refractivity contribution in [1.29, 1.82) is 0 Å². The molecule has 2 saturated heterocycles. The van der Waals surface area contributed by atoms with Crippen LogP contribution in [-0.4, -0.2) is 18.1 Å². The molecule has 0 aromatic heterocycles. The molecule has 0 spiro atoms. The molecule has 0 amide bonds. The van der Waals surface area contributed by atoms with Crippen molar-refractivity contribution in [1.82, 2.24) is 5.32 Å². The summed E-state index contributed by atoms with van der Waals surface area (Å²) in [6.45, 7) is 5.96. The first-order valence-electron chi connectivity index (χ1n) is 11.0. The number of rotatable bonds is 4. The third-order valence-corrected chi connectivity index (χ3v) is 6.76. The summed E-state index contributed by atoms with van der Waals surface area (Å²) in [4.78, 5) is 2.66. The molecule has 3 aliphatic rings. The van der Waals surface area contributed by atoms with E-state index >= 15 is 0 Å². The van der Waals surface area contributed by atoms with Crippen LogP contribution >= 0.6 is 0 Å². The van der Waals surface area contributed by atoms with Gasteiger partial charge in [-0.3, -0.25) is 0 Å². The molecule has 0 aliphatic carbocycles. The van der Waals surface area contributed by atoms with Gasteiger partial charge in [-0.25, -0.2) is 0 Å². The van der Waals surface area contributed by atoms with Gasteiger partial charge in [-0.2, -0.15) is 0 Å². The van der Waals surface area contributed by atoms with Gasteiger partial charge in [-0.05, 0) is 73.1 Å². The molecule has 0 saturated carbocycles. The van der Waals surface area contributed by atoms with Gasteiger partial charge in [0.1, 0.15) is 0 Å². The number of nitrogens with zero attached hydrogens (tertiary/aromatic N) is 1. The molecule has 2 heteroatoms. The molecule has 29 heavy (non-hydrogen) atoms. The number of fused-ring (bicyclic) bond motifs is 4. The topological polar surface area (TPSA) is 15.3 Å². The average molecular weight is 383 g/mol. The highest BCUT2D eigenvalue weighted by atomic mass is 15.2. The van der Waals surface area contributed by atoms with Crippen LogP contribution in [0.4, 0.5) is 11.4 Å². The lowest BCUT2D eigenvalue weighted by atomic mass is 9.88. The Labute approximate surface area is 174 Å². The number of para-hydroxylation sites is 1. The third kappa shape index (κ3) is 3.36. The number of allylic oxidation sites excluding steroid dienone is 5. The van der Waals surface area contributed by atoms with Gasteiger partial charge in [0.15, 0.2) is 0 Å². The highest BCUT2D eigenvalue weighted by Crippen LogP contribution is 2.44. The molecular formula is C27H30N2. The first-order valence-corrected chi connectivity index (χ1v) is 11.0. The van der Waals surface area contributed by atoms with E-state index in [2.05, 4.69) is 84.4 Å². The Morgan fingerprint density at radius 1 is 1.03 bits per heavy atom. The molecule has 1 N–H and O–H groups in total. The van der Waals surface area contributed by atoms with E-state index in [1.54, 1.807) is 0 Å². The van der Waals surface area contributed by atoms with Crippen LogP contribution in [0.1, 0.15) is 49.3 Å². The number of anilines is 2. The molecule has 3 heterocycles. The van der Waals surface area contributed by atoms with Crippen molar-refractivity contribution in [3.05, 3.63) is 90.0 Å². The van der Waals surface area contributed by atoms with Gasteiger partial charge in [0.05, 0.1) is 0 Å². The number of benzene rings is 2. The van der Waals surface area contributed by atoms with Crippen LogP contribution in [0.15, 0.2) is 73.3 Å². The van der Waals surface area contributed by atoms with Crippen molar-refractivity contribution in [3.8, 4) is 0 Å². The first kappa shape index (κ1) is 18.4. The lowest BCUT2D eigenvalue weighted by molar-refractivity contribution is 0.359. The van der Waals surface area contributed by atoms with Crippen molar-refractivity contribution in [2.75, 3.05) is 4.90 Å². The van der Waals surface area contributed by atoms with Crippen LogP contribution in [-0.2, 0) is 6.42 Å². The van der Waals surface area contributed by atoms with E-state index in [1.165, 1.54) is 59.3 Å². The van der Waals surface area contributed by atoms with Crippen molar-refractivity contribution in [3.63, 3.8) is 0 Å². The predicted molar refractivity (Wildman–Crippen MR) is 124 cm³/mol. The Hall–Kier alpha value is -2.58. The summed E-state index contributed by atoms with van der Waals surface area (Å²) in [6, 6.07) is 18.0. The van der Waals surface area contributed by atoms with Crippen LogP contribution in [0.3, 0.4) is 0 Å². The summed E-state index contributed by atoms with van der Waals surface area (Å²) in [7, 11) is 0. The maximum absolute atomic E-state index is 3.89. The zero-order valence-corrected chi connectivity index (χ0v) is 17.3. The molecule has 2 atom stereocenters. The molecule has 2 unspecified atom stereocenters. The molecule has 2 fully saturated rings. The SMILES string of the molecule is C=C/C=C(\C=C/C)c1ccc2c(c1)Cc1ccccc1N2C1CC2CCC(C1)N2. The van der Waals surface area contributed by atoms with Gasteiger partial charge in [-0.1, -0.05) is 55.1 Å². The van der Waals surface area contributed by atoms with Gasteiger partial charge in [0.25, 0.3) is 0 Å². The summed E-state index contributed by atoms with van der Waals surface area (Å²) in [6.07, 6.45) is 14.4. The highest BCUT2D eigenvalue weighted by molar-refractivity contribution is 5.81. The minimum Gasteiger partial charge on any atom is -0.338 e. The quantitative estimate of drug-likeness (QED) is 0.637. The van der Waals surface area contributed by atoms with Crippen LogP contribution in [0, 0.1) is 0 Å². The second-order valence-corrected chi connectivity index (χ2v) is 8.64. The average Bonchev–Trinajstić information content (AvgIpc) is 3.09. The van der Waals surface area contributed by atoms with Crippen molar-refractivity contribution >= 4 is 16.9 Å². The summed E-state index contributed by atoms with van der Waals surface area (Å²) < 4.78 is 0. The van der Waals surface area contributed by atoms with E-state index in [0.717, 1.165) is 6.42 Å². The van der Waals surface area contributed by atoms with Gasteiger partial charge in [0, 0.05) is 35.9 Å². The van der Waals surface area contributed by atoms with Crippen LogP contribution in [0.5, 0.6) is 0 Å². The third-order valence-electron chi connectivity index (χ3n) is 6.76.